The molecule has 1 aromatic carbocycles. The Morgan fingerprint density at radius 3 is 1.95 bits per heavy atom. The van der Waals surface area contributed by atoms with Gasteiger partial charge in [0.15, 0.2) is 23.3 Å². The van der Waals surface area contributed by atoms with Gasteiger partial charge >= 0.3 is 8.80 Å². The highest BCUT2D eigenvalue weighted by molar-refractivity contribution is 6.57. The second-order valence-corrected chi connectivity index (χ2v) is 6.65. The van der Waals surface area contributed by atoms with Crippen molar-refractivity contribution < 1.29 is 40.8 Å². The number of nitrogens with one attached hydrogen (secondary N) is 1. The number of hydrogen-bond donors (Lipinski definition) is 3. The molecule has 5 nitrogen and oxygen atoms in total. The maximum Gasteiger partial charge on any atom is 0.495 e. The van der Waals surface area contributed by atoms with Crippen LogP contribution in [-0.2, 0) is 4.43 Å². The maximum atomic E-state index is 13.3. The summed E-state index contributed by atoms with van der Waals surface area (Å²) >= 11 is 0. The van der Waals surface area contributed by atoms with Gasteiger partial charge in [0, 0.05) is 19.7 Å². The van der Waals surface area contributed by atoms with Gasteiger partial charge in [0.2, 0.25) is 5.82 Å². The molecule has 0 aliphatic heterocycles. The molecule has 0 heterocycles. The molecule has 124 valence electrons. The monoisotopic (exact) mass is 345 g/mol. The third-order valence-electron chi connectivity index (χ3n) is 2.73. The van der Waals surface area contributed by atoms with Gasteiger partial charge in [-0.15, -0.1) is 0 Å². The minimum Gasteiger partial charge on any atom is -0.390 e. The summed E-state index contributed by atoms with van der Waals surface area (Å²) in [4.78, 5) is 29.9. The largest absolute Gasteiger partial charge is 0.495 e. The molecule has 0 fully saturated rings. The van der Waals surface area contributed by atoms with E-state index < -0.39 is 49.4 Å². The van der Waals surface area contributed by atoms with E-state index in [1.54, 1.807) is 0 Å². The maximum absolute atomic E-state index is 13.3. The lowest BCUT2D eigenvalue weighted by atomic mass is 10.1. The van der Waals surface area contributed by atoms with Crippen LogP contribution in [0.4, 0.5) is 22.0 Å². The van der Waals surface area contributed by atoms with Gasteiger partial charge in [-0.25, -0.2) is 22.0 Å². The van der Waals surface area contributed by atoms with Crippen molar-refractivity contribution in [3.63, 3.8) is 0 Å². The molecular formula is C11H12F5NO4Si. The van der Waals surface area contributed by atoms with Crippen LogP contribution in [0.15, 0.2) is 0 Å². The fourth-order valence-electron chi connectivity index (χ4n) is 1.52. The van der Waals surface area contributed by atoms with Gasteiger partial charge in [-0.3, -0.25) is 4.79 Å². The van der Waals surface area contributed by atoms with Gasteiger partial charge in [0.25, 0.3) is 5.91 Å². The molecule has 22 heavy (non-hydrogen) atoms. The molecule has 0 bridgehead atoms. The van der Waals surface area contributed by atoms with Crippen molar-refractivity contribution in [1.29, 1.82) is 0 Å². The lowest BCUT2D eigenvalue weighted by Gasteiger charge is -2.14. The summed E-state index contributed by atoms with van der Waals surface area (Å²) in [5, 5.41) is 1.92. The van der Waals surface area contributed by atoms with Crippen LogP contribution in [0, 0.1) is 29.1 Å². The summed E-state index contributed by atoms with van der Waals surface area (Å²) in [7, 11) is -2.78. The van der Waals surface area contributed by atoms with Crippen LogP contribution in [0.3, 0.4) is 0 Å². The summed E-state index contributed by atoms with van der Waals surface area (Å²) in [6, 6.07) is -0.221. The van der Waals surface area contributed by atoms with Crippen molar-refractivity contribution in [3.05, 3.63) is 34.6 Å². The van der Waals surface area contributed by atoms with Crippen molar-refractivity contribution in [2.24, 2.45) is 0 Å². The van der Waals surface area contributed by atoms with E-state index in [4.69, 9.17) is 0 Å². The Morgan fingerprint density at radius 2 is 1.50 bits per heavy atom. The van der Waals surface area contributed by atoms with Crippen LogP contribution in [0.2, 0.25) is 6.04 Å². The number of amides is 1. The Hall–Kier alpha value is -1.56. The molecule has 11 heteroatoms. The standard InChI is InChI=1S/C11H12F5NO4Si/c1-21-22(19,20)4-2-3-17-11(18)5-6(12)8(14)10(16)9(15)7(5)13/h19-20H,2-4H2,1H3,(H,17,18). The van der Waals surface area contributed by atoms with Crippen molar-refractivity contribution in [1.82, 2.24) is 5.32 Å². The van der Waals surface area contributed by atoms with Crippen LogP contribution in [0.1, 0.15) is 16.8 Å². The average molecular weight is 345 g/mol. The Kier molecular flexibility index (Phi) is 5.99. The molecule has 3 N–H and O–H groups in total. The predicted octanol–water partition coefficient (Wildman–Crippen LogP) is 1.07. The summed E-state index contributed by atoms with van der Waals surface area (Å²) in [5.74, 6) is -12.8. The molecule has 0 saturated heterocycles. The first kappa shape index (κ1) is 18.5. The zero-order chi connectivity index (χ0) is 17.1. The Morgan fingerprint density at radius 1 is 1.05 bits per heavy atom. The normalized spacial score (nSPS) is 11.6. The molecule has 1 aromatic rings. The summed E-state index contributed by atoms with van der Waals surface area (Å²) < 4.78 is 69.7. The average Bonchev–Trinajstić information content (AvgIpc) is 2.48. The SMILES string of the molecule is CO[Si](O)(O)CCCNC(=O)c1c(F)c(F)c(F)c(F)c1F. The molecule has 0 aliphatic rings. The van der Waals surface area contributed by atoms with E-state index in [1.807, 2.05) is 5.32 Å². The second-order valence-electron chi connectivity index (χ2n) is 4.25. The number of halogens is 5. The van der Waals surface area contributed by atoms with Gasteiger partial charge in [-0.1, -0.05) is 0 Å². The minimum absolute atomic E-state index is 0.0335. The molecule has 0 aliphatic carbocycles. The number of carbonyl (C=O) groups is 1. The van der Waals surface area contributed by atoms with Crippen molar-refractivity contribution in [3.8, 4) is 0 Å². The Labute approximate surface area is 122 Å². The number of hydrogen-bond acceptors (Lipinski definition) is 4. The molecular weight excluding hydrogens is 333 g/mol. The van der Waals surface area contributed by atoms with Crippen LogP contribution in [0.25, 0.3) is 0 Å². The number of carbonyl (C=O) groups excluding carboxylic acids is 1. The molecule has 0 unspecified atom stereocenters. The Balaban J connectivity index is 2.79. The first-order valence-electron chi connectivity index (χ1n) is 5.92. The highest BCUT2D eigenvalue weighted by Crippen LogP contribution is 2.22. The molecule has 1 amide bonds. The first-order chi connectivity index (χ1) is 10.1. The van der Waals surface area contributed by atoms with Crippen LogP contribution < -0.4 is 5.32 Å². The zero-order valence-electron chi connectivity index (χ0n) is 11.2. The fraction of sp³-hybridized carbons (Fsp3) is 0.364. The first-order valence-corrected chi connectivity index (χ1v) is 7.93. The van der Waals surface area contributed by atoms with Gasteiger partial charge in [0.05, 0.1) is 0 Å². The van der Waals surface area contributed by atoms with Gasteiger partial charge in [0.1, 0.15) is 5.56 Å². The predicted molar refractivity (Wildman–Crippen MR) is 65.2 cm³/mol. The van der Waals surface area contributed by atoms with E-state index >= 15 is 0 Å². The van der Waals surface area contributed by atoms with E-state index in [-0.39, 0.29) is 19.0 Å². The van der Waals surface area contributed by atoms with Crippen molar-refractivity contribution in [2.45, 2.75) is 12.5 Å². The van der Waals surface area contributed by atoms with Crippen LogP contribution in [-0.4, -0.2) is 38.0 Å². The lowest BCUT2D eigenvalue weighted by Crippen LogP contribution is -2.38. The van der Waals surface area contributed by atoms with E-state index in [0.29, 0.717) is 0 Å². The second kappa shape index (κ2) is 7.13. The highest BCUT2D eigenvalue weighted by atomic mass is 28.4. The number of benzene rings is 1. The van der Waals surface area contributed by atoms with Gasteiger partial charge < -0.3 is 19.3 Å². The molecule has 1 rings (SSSR count). The zero-order valence-corrected chi connectivity index (χ0v) is 12.2. The summed E-state index contributed by atoms with van der Waals surface area (Å²) in [6.45, 7) is -0.280. The smallest absolute Gasteiger partial charge is 0.390 e. The van der Waals surface area contributed by atoms with Crippen molar-refractivity contribution in [2.75, 3.05) is 13.7 Å². The highest BCUT2D eigenvalue weighted by Gasteiger charge is 2.31. The topological polar surface area (TPSA) is 78.8 Å². The summed E-state index contributed by atoms with van der Waals surface area (Å²) in [6.07, 6.45) is -0.0335. The molecule has 0 spiro atoms. The summed E-state index contributed by atoms with van der Waals surface area (Å²) in [5.41, 5.74) is -1.60. The molecule has 0 saturated carbocycles. The van der Waals surface area contributed by atoms with Gasteiger partial charge in [-0.2, -0.15) is 0 Å². The van der Waals surface area contributed by atoms with E-state index in [1.165, 1.54) is 0 Å². The molecule has 0 aromatic heterocycles. The minimum atomic E-state index is -3.84. The fourth-order valence-corrected chi connectivity index (χ4v) is 2.36. The van der Waals surface area contributed by atoms with Crippen LogP contribution >= 0.6 is 0 Å². The Bertz CT molecular complexity index is 555. The lowest BCUT2D eigenvalue weighted by molar-refractivity contribution is 0.0940. The van der Waals surface area contributed by atoms with E-state index in [0.717, 1.165) is 7.11 Å². The quantitative estimate of drug-likeness (QED) is 0.237. The molecule has 0 radical (unpaired) electrons. The third kappa shape index (κ3) is 4.00. The van der Waals surface area contributed by atoms with Crippen LogP contribution in [0.5, 0.6) is 0 Å². The van der Waals surface area contributed by atoms with E-state index in [9.17, 15) is 36.3 Å². The van der Waals surface area contributed by atoms with Crippen molar-refractivity contribution >= 4 is 14.7 Å². The number of rotatable bonds is 6. The third-order valence-corrected chi connectivity index (χ3v) is 4.39. The van der Waals surface area contributed by atoms with Gasteiger partial charge in [-0.05, 0) is 6.42 Å². The van der Waals surface area contributed by atoms with E-state index in [2.05, 4.69) is 4.43 Å². The molecule has 0 atom stereocenters.